The predicted molar refractivity (Wildman–Crippen MR) is 92.7 cm³/mol. The number of halogens is 2. The highest BCUT2D eigenvalue weighted by atomic mass is 19.2. The van der Waals surface area contributed by atoms with Crippen molar-refractivity contribution in [2.75, 3.05) is 19.7 Å². The highest BCUT2D eigenvalue weighted by molar-refractivity contribution is 5.94. The van der Waals surface area contributed by atoms with Gasteiger partial charge < -0.3 is 10.1 Å². The molecular formula is C20H20F2N2O2. The first-order chi connectivity index (χ1) is 12.6. The topological polar surface area (TPSA) is 41.6 Å². The van der Waals surface area contributed by atoms with Crippen LogP contribution < -0.4 is 5.32 Å². The number of carbonyl (C=O) groups is 1. The fraction of sp³-hybridized carbons (Fsp3) is 0.350. The predicted octanol–water partition coefficient (Wildman–Crippen LogP) is 2.91. The summed E-state index contributed by atoms with van der Waals surface area (Å²) in [4.78, 5) is 14.6. The average Bonchev–Trinajstić information content (AvgIpc) is 3.06. The molecule has 26 heavy (non-hydrogen) atoms. The number of carbonyl (C=O) groups excluding carboxylic acids is 1. The number of hydrogen-bond acceptors (Lipinski definition) is 3. The number of nitrogens with one attached hydrogen (secondary N) is 1. The van der Waals surface area contributed by atoms with Gasteiger partial charge in [-0.25, -0.2) is 8.78 Å². The SMILES string of the molecule is O=C(N[C@@H]1C[C@H]2CO[C@@H](c3ccccc3)CN2C1)c1cccc(F)c1F. The van der Waals surface area contributed by atoms with E-state index in [1.54, 1.807) is 0 Å². The van der Waals surface area contributed by atoms with Crippen LogP contribution >= 0.6 is 0 Å². The number of hydrogen-bond donors (Lipinski definition) is 1. The summed E-state index contributed by atoms with van der Waals surface area (Å²) in [5.74, 6) is -2.69. The maximum absolute atomic E-state index is 13.8. The van der Waals surface area contributed by atoms with E-state index < -0.39 is 17.5 Å². The summed E-state index contributed by atoms with van der Waals surface area (Å²) < 4.78 is 33.1. The van der Waals surface area contributed by atoms with Crippen molar-refractivity contribution in [3.05, 3.63) is 71.3 Å². The summed E-state index contributed by atoms with van der Waals surface area (Å²) in [7, 11) is 0. The Balaban J connectivity index is 1.39. The molecule has 4 nitrogen and oxygen atoms in total. The van der Waals surface area contributed by atoms with E-state index in [1.165, 1.54) is 12.1 Å². The minimum atomic E-state index is -1.10. The molecule has 6 heteroatoms. The molecule has 2 fully saturated rings. The lowest BCUT2D eigenvalue weighted by molar-refractivity contribution is -0.0502. The van der Waals surface area contributed by atoms with Crippen molar-refractivity contribution in [3.63, 3.8) is 0 Å². The zero-order valence-electron chi connectivity index (χ0n) is 14.2. The Kier molecular flexibility index (Phi) is 4.70. The number of nitrogens with zero attached hydrogens (tertiary/aromatic N) is 1. The van der Waals surface area contributed by atoms with Crippen LogP contribution in [0.4, 0.5) is 8.78 Å². The molecule has 0 saturated carbocycles. The molecule has 0 aromatic heterocycles. The van der Waals surface area contributed by atoms with Crippen molar-refractivity contribution in [2.45, 2.75) is 24.6 Å². The van der Waals surface area contributed by atoms with Crippen molar-refractivity contribution < 1.29 is 18.3 Å². The maximum Gasteiger partial charge on any atom is 0.254 e. The number of morpholine rings is 1. The lowest BCUT2D eigenvalue weighted by atomic mass is 10.1. The number of rotatable bonds is 3. The Hall–Kier alpha value is -2.31. The maximum atomic E-state index is 13.8. The molecule has 2 aliphatic heterocycles. The van der Waals surface area contributed by atoms with Crippen LogP contribution in [0.25, 0.3) is 0 Å². The molecule has 2 heterocycles. The van der Waals surface area contributed by atoms with Crippen LogP contribution in [0.15, 0.2) is 48.5 Å². The molecule has 2 aromatic rings. The second-order valence-corrected chi connectivity index (χ2v) is 6.85. The molecule has 0 spiro atoms. The number of ether oxygens (including phenoxy) is 1. The fourth-order valence-electron chi connectivity index (χ4n) is 3.79. The Morgan fingerprint density at radius 1 is 1.08 bits per heavy atom. The first kappa shape index (κ1) is 17.1. The molecule has 2 aromatic carbocycles. The zero-order valence-corrected chi connectivity index (χ0v) is 14.2. The Morgan fingerprint density at radius 3 is 2.69 bits per heavy atom. The van der Waals surface area contributed by atoms with Crippen LogP contribution in [0, 0.1) is 11.6 Å². The number of benzene rings is 2. The fourth-order valence-corrected chi connectivity index (χ4v) is 3.79. The quantitative estimate of drug-likeness (QED) is 0.917. The molecule has 0 bridgehead atoms. The molecule has 1 amide bonds. The van der Waals surface area contributed by atoms with Gasteiger partial charge in [0.1, 0.15) is 0 Å². The van der Waals surface area contributed by atoms with Gasteiger partial charge in [-0.1, -0.05) is 36.4 Å². The molecule has 0 unspecified atom stereocenters. The second-order valence-electron chi connectivity index (χ2n) is 6.85. The van der Waals surface area contributed by atoms with Gasteiger partial charge in [-0.3, -0.25) is 9.69 Å². The van der Waals surface area contributed by atoms with Crippen molar-refractivity contribution in [1.82, 2.24) is 10.2 Å². The van der Waals surface area contributed by atoms with E-state index in [9.17, 15) is 13.6 Å². The minimum absolute atomic E-state index is 0.0163. The third kappa shape index (κ3) is 3.34. The minimum Gasteiger partial charge on any atom is -0.371 e. The van der Waals surface area contributed by atoms with Gasteiger partial charge in [-0.2, -0.15) is 0 Å². The smallest absolute Gasteiger partial charge is 0.254 e. The molecule has 2 saturated heterocycles. The van der Waals surface area contributed by atoms with Gasteiger partial charge in [0.15, 0.2) is 11.6 Å². The highest BCUT2D eigenvalue weighted by Crippen LogP contribution is 2.30. The lowest BCUT2D eigenvalue weighted by Gasteiger charge is -2.35. The third-order valence-corrected chi connectivity index (χ3v) is 5.12. The molecule has 0 aliphatic carbocycles. The lowest BCUT2D eigenvalue weighted by Crippen LogP contribution is -2.43. The molecule has 0 radical (unpaired) electrons. The van der Waals surface area contributed by atoms with Crippen LogP contribution in [0.1, 0.15) is 28.4 Å². The van der Waals surface area contributed by atoms with Crippen molar-refractivity contribution in [3.8, 4) is 0 Å². The third-order valence-electron chi connectivity index (χ3n) is 5.12. The first-order valence-corrected chi connectivity index (χ1v) is 8.77. The summed E-state index contributed by atoms with van der Waals surface area (Å²) in [5.41, 5.74) is 0.883. The standard InChI is InChI=1S/C20H20F2N2O2/c21-17-8-4-7-16(19(17)22)20(25)23-14-9-15-12-26-18(11-24(15)10-14)13-5-2-1-3-6-13/h1-8,14-15,18H,9-12H2,(H,23,25)/t14-,15+,18-/m1/s1. The zero-order chi connectivity index (χ0) is 18.1. The largest absolute Gasteiger partial charge is 0.371 e. The van der Waals surface area contributed by atoms with Crippen LogP contribution in [0.3, 0.4) is 0 Å². The summed E-state index contributed by atoms with van der Waals surface area (Å²) in [5, 5.41) is 2.83. The van der Waals surface area contributed by atoms with Crippen molar-refractivity contribution in [1.29, 1.82) is 0 Å². The van der Waals surface area contributed by atoms with Crippen molar-refractivity contribution in [2.24, 2.45) is 0 Å². The van der Waals surface area contributed by atoms with Crippen molar-refractivity contribution >= 4 is 5.91 Å². The molecule has 3 atom stereocenters. The summed E-state index contributed by atoms with van der Waals surface area (Å²) in [6.07, 6.45) is 0.757. The Morgan fingerprint density at radius 2 is 1.88 bits per heavy atom. The average molecular weight is 358 g/mol. The Labute approximate surface area is 150 Å². The molecular weight excluding hydrogens is 338 g/mol. The summed E-state index contributed by atoms with van der Waals surface area (Å²) in [6, 6.07) is 13.8. The van der Waals surface area contributed by atoms with Gasteiger partial charge >= 0.3 is 0 Å². The van der Waals surface area contributed by atoms with Crippen LogP contribution in [-0.2, 0) is 4.74 Å². The van der Waals surface area contributed by atoms with Gasteiger partial charge in [-0.15, -0.1) is 0 Å². The van der Waals surface area contributed by atoms with E-state index in [4.69, 9.17) is 4.74 Å². The second kappa shape index (κ2) is 7.13. The molecule has 136 valence electrons. The van der Waals surface area contributed by atoms with E-state index in [1.807, 2.05) is 30.3 Å². The Bertz CT molecular complexity index is 800. The van der Waals surface area contributed by atoms with E-state index in [2.05, 4.69) is 10.2 Å². The van der Waals surface area contributed by atoms with Gasteiger partial charge in [0, 0.05) is 25.2 Å². The monoisotopic (exact) mass is 358 g/mol. The summed E-state index contributed by atoms with van der Waals surface area (Å²) >= 11 is 0. The van der Waals surface area contributed by atoms with E-state index in [-0.39, 0.29) is 23.8 Å². The first-order valence-electron chi connectivity index (χ1n) is 8.77. The highest BCUT2D eigenvalue weighted by Gasteiger charge is 2.38. The van der Waals surface area contributed by atoms with Crippen LogP contribution in [-0.4, -0.2) is 42.6 Å². The molecule has 4 rings (SSSR count). The number of fused-ring (bicyclic) bond motifs is 1. The van der Waals surface area contributed by atoms with Gasteiger partial charge in [-0.05, 0) is 24.1 Å². The molecule has 1 N–H and O–H groups in total. The van der Waals surface area contributed by atoms with E-state index >= 15 is 0 Å². The van der Waals surface area contributed by atoms with E-state index in [0.717, 1.165) is 24.6 Å². The molecule has 2 aliphatic rings. The summed E-state index contributed by atoms with van der Waals surface area (Å²) in [6.45, 7) is 2.04. The van der Waals surface area contributed by atoms with E-state index in [0.29, 0.717) is 13.2 Å². The van der Waals surface area contributed by atoms with Gasteiger partial charge in [0.25, 0.3) is 5.91 Å². The van der Waals surface area contributed by atoms with Crippen LogP contribution in [0.5, 0.6) is 0 Å². The normalized spacial score (nSPS) is 25.7. The van der Waals surface area contributed by atoms with Crippen LogP contribution in [0.2, 0.25) is 0 Å². The van der Waals surface area contributed by atoms with Gasteiger partial charge in [0.05, 0.1) is 18.3 Å². The number of amides is 1. The van der Waals surface area contributed by atoms with Gasteiger partial charge in [0.2, 0.25) is 0 Å².